The topological polar surface area (TPSA) is 63.2 Å². The number of benzene rings is 1. The molecule has 1 aromatic heterocycles. The van der Waals surface area contributed by atoms with Crippen molar-refractivity contribution in [1.82, 2.24) is 14.3 Å². The Hall–Kier alpha value is -1.31. The summed E-state index contributed by atoms with van der Waals surface area (Å²) in [6.07, 6.45) is 3.10. The van der Waals surface area contributed by atoms with Gasteiger partial charge in [-0.3, -0.25) is 0 Å². The molecule has 98 valence electrons. The minimum atomic E-state index is -3.52. The quantitative estimate of drug-likeness (QED) is 0.838. The molecular weight excluding hydrogens is 330 g/mol. The van der Waals surface area contributed by atoms with E-state index >= 15 is 0 Å². The summed E-state index contributed by atoms with van der Waals surface area (Å²) in [6.45, 7) is 0.612. The first kappa shape index (κ1) is 12.7. The highest BCUT2D eigenvalue weighted by Crippen LogP contribution is 2.30. The average molecular weight is 340 g/mol. The fourth-order valence-corrected chi connectivity index (χ4v) is 4.38. The smallest absolute Gasteiger partial charge is 0.244 e. The molecule has 1 aliphatic heterocycles. The second-order valence-corrected chi connectivity index (χ2v) is 6.96. The van der Waals surface area contributed by atoms with E-state index in [1.807, 2.05) is 0 Å². The van der Waals surface area contributed by atoms with E-state index < -0.39 is 10.0 Å². The van der Waals surface area contributed by atoms with Crippen LogP contribution in [0, 0.1) is 0 Å². The second kappa shape index (κ2) is 4.66. The van der Waals surface area contributed by atoms with E-state index in [1.54, 1.807) is 30.5 Å². The lowest BCUT2D eigenvalue weighted by Gasteiger charge is -2.16. The van der Waals surface area contributed by atoms with Crippen molar-refractivity contribution in [2.24, 2.45) is 0 Å². The van der Waals surface area contributed by atoms with Crippen LogP contribution in [0.5, 0.6) is 0 Å². The standard InChI is InChI=1S/C12H10BrN3O2S/c13-10-3-1-2-4-12(10)19(17,18)16-6-9-5-14-8-15-11(9)7-16/h1-5,8H,6-7H2. The normalized spacial score (nSPS) is 15.4. The molecule has 0 N–H and O–H groups in total. The first-order valence-electron chi connectivity index (χ1n) is 5.61. The van der Waals surface area contributed by atoms with Crippen molar-refractivity contribution >= 4 is 26.0 Å². The first-order chi connectivity index (χ1) is 9.09. The zero-order valence-electron chi connectivity index (χ0n) is 9.82. The summed E-state index contributed by atoms with van der Waals surface area (Å²) < 4.78 is 27.1. The molecule has 19 heavy (non-hydrogen) atoms. The van der Waals surface area contributed by atoms with Gasteiger partial charge in [0.05, 0.1) is 17.1 Å². The second-order valence-electron chi connectivity index (χ2n) is 4.20. The van der Waals surface area contributed by atoms with Crippen LogP contribution in [0.2, 0.25) is 0 Å². The summed E-state index contributed by atoms with van der Waals surface area (Å²) in [7, 11) is -3.52. The molecule has 7 heteroatoms. The van der Waals surface area contributed by atoms with Gasteiger partial charge in [0.15, 0.2) is 0 Å². The van der Waals surface area contributed by atoms with Crippen molar-refractivity contribution in [2.75, 3.05) is 0 Å². The number of nitrogens with zero attached hydrogens (tertiary/aromatic N) is 3. The summed E-state index contributed by atoms with van der Waals surface area (Å²) in [6, 6.07) is 6.80. The molecule has 0 saturated carbocycles. The van der Waals surface area contributed by atoms with Crippen LogP contribution >= 0.6 is 15.9 Å². The van der Waals surface area contributed by atoms with Crippen LogP contribution in [0.15, 0.2) is 46.2 Å². The molecule has 0 saturated heterocycles. The van der Waals surface area contributed by atoms with Crippen molar-refractivity contribution < 1.29 is 8.42 Å². The van der Waals surface area contributed by atoms with Crippen LogP contribution in [-0.4, -0.2) is 22.7 Å². The SMILES string of the molecule is O=S(=O)(c1ccccc1Br)N1Cc2cncnc2C1. The van der Waals surface area contributed by atoms with Gasteiger partial charge in [-0.2, -0.15) is 4.31 Å². The lowest BCUT2D eigenvalue weighted by atomic mass is 10.3. The van der Waals surface area contributed by atoms with Gasteiger partial charge in [0, 0.05) is 22.8 Å². The Morgan fingerprint density at radius 2 is 2.00 bits per heavy atom. The number of fused-ring (bicyclic) bond motifs is 1. The highest BCUT2D eigenvalue weighted by Gasteiger charge is 2.32. The van der Waals surface area contributed by atoms with E-state index in [4.69, 9.17) is 0 Å². The maximum absolute atomic E-state index is 12.6. The van der Waals surface area contributed by atoms with Crippen molar-refractivity contribution in [3.63, 3.8) is 0 Å². The molecule has 0 atom stereocenters. The van der Waals surface area contributed by atoms with Gasteiger partial charge in [-0.1, -0.05) is 12.1 Å². The molecular formula is C12H10BrN3O2S. The Labute approximate surface area is 119 Å². The predicted molar refractivity (Wildman–Crippen MR) is 72.6 cm³/mol. The lowest BCUT2D eigenvalue weighted by molar-refractivity contribution is 0.429. The maximum Gasteiger partial charge on any atom is 0.244 e. The van der Waals surface area contributed by atoms with E-state index in [9.17, 15) is 8.42 Å². The zero-order valence-corrected chi connectivity index (χ0v) is 12.2. The first-order valence-corrected chi connectivity index (χ1v) is 7.85. The minimum Gasteiger partial charge on any atom is -0.244 e. The Kier molecular flexibility index (Phi) is 3.12. The van der Waals surface area contributed by atoms with E-state index in [2.05, 4.69) is 25.9 Å². The number of aromatic nitrogens is 2. The monoisotopic (exact) mass is 339 g/mol. The summed E-state index contributed by atoms with van der Waals surface area (Å²) in [4.78, 5) is 8.31. The molecule has 0 amide bonds. The molecule has 0 bridgehead atoms. The third-order valence-corrected chi connectivity index (χ3v) is 5.81. The third kappa shape index (κ3) is 2.18. The van der Waals surface area contributed by atoms with Gasteiger partial charge in [-0.15, -0.1) is 0 Å². The Morgan fingerprint density at radius 3 is 2.74 bits per heavy atom. The molecule has 0 radical (unpaired) electrons. The van der Waals surface area contributed by atoms with Gasteiger partial charge >= 0.3 is 0 Å². The number of hydrogen-bond acceptors (Lipinski definition) is 4. The largest absolute Gasteiger partial charge is 0.244 e. The number of halogens is 1. The average Bonchev–Trinajstić information content (AvgIpc) is 2.83. The Bertz CT molecular complexity index is 708. The van der Waals surface area contributed by atoms with Crippen LogP contribution in [-0.2, 0) is 23.1 Å². The van der Waals surface area contributed by atoms with Crippen LogP contribution in [0.1, 0.15) is 11.3 Å². The molecule has 5 nitrogen and oxygen atoms in total. The van der Waals surface area contributed by atoms with Crippen LogP contribution < -0.4 is 0 Å². The van der Waals surface area contributed by atoms with Gasteiger partial charge in [0.2, 0.25) is 10.0 Å². The number of sulfonamides is 1. The van der Waals surface area contributed by atoms with Gasteiger partial charge < -0.3 is 0 Å². The van der Waals surface area contributed by atoms with Gasteiger partial charge in [0.25, 0.3) is 0 Å². The van der Waals surface area contributed by atoms with Crippen LogP contribution in [0.3, 0.4) is 0 Å². The van der Waals surface area contributed by atoms with E-state index in [-0.39, 0.29) is 4.90 Å². The van der Waals surface area contributed by atoms with Crippen molar-refractivity contribution in [3.8, 4) is 0 Å². The van der Waals surface area contributed by atoms with E-state index in [1.165, 1.54) is 10.6 Å². The highest BCUT2D eigenvalue weighted by molar-refractivity contribution is 9.10. The Morgan fingerprint density at radius 1 is 1.21 bits per heavy atom. The summed E-state index contributed by atoms with van der Waals surface area (Å²) in [5.41, 5.74) is 1.63. The molecule has 0 fully saturated rings. The third-order valence-electron chi connectivity index (χ3n) is 3.01. The van der Waals surface area contributed by atoms with Crippen LogP contribution in [0.4, 0.5) is 0 Å². The summed E-state index contributed by atoms with van der Waals surface area (Å²) in [5.74, 6) is 0. The number of rotatable bonds is 2. The highest BCUT2D eigenvalue weighted by atomic mass is 79.9. The molecule has 0 spiro atoms. The van der Waals surface area contributed by atoms with E-state index in [0.717, 1.165) is 11.3 Å². The van der Waals surface area contributed by atoms with Gasteiger partial charge in [-0.25, -0.2) is 18.4 Å². The Balaban J connectivity index is 1.99. The fraction of sp³-hybridized carbons (Fsp3) is 0.167. The summed E-state index contributed by atoms with van der Waals surface area (Å²) in [5, 5.41) is 0. The molecule has 0 aliphatic carbocycles. The molecule has 1 aliphatic rings. The predicted octanol–water partition coefficient (Wildman–Crippen LogP) is 1.94. The van der Waals surface area contributed by atoms with Crippen LogP contribution in [0.25, 0.3) is 0 Å². The van der Waals surface area contributed by atoms with E-state index in [0.29, 0.717) is 17.6 Å². The van der Waals surface area contributed by atoms with Gasteiger partial charge in [-0.05, 0) is 28.1 Å². The number of hydrogen-bond donors (Lipinski definition) is 0. The molecule has 2 aromatic rings. The molecule has 1 aromatic carbocycles. The maximum atomic E-state index is 12.6. The zero-order chi connectivity index (χ0) is 13.5. The fourth-order valence-electron chi connectivity index (χ4n) is 2.03. The van der Waals surface area contributed by atoms with Crippen molar-refractivity contribution in [2.45, 2.75) is 18.0 Å². The molecule has 0 unspecified atom stereocenters. The van der Waals surface area contributed by atoms with Crippen molar-refractivity contribution in [1.29, 1.82) is 0 Å². The minimum absolute atomic E-state index is 0.274. The van der Waals surface area contributed by atoms with Gasteiger partial charge in [0.1, 0.15) is 6.33 Å². The molecule has 2 heterocycles. The molecule has 3 rings (SSSR count). The summed E-state index contributed by atoms with van der Waals surface area (Å²) >= 11 is 3.28. The van der Waals surface area contributed by atoms with Crippen molar-refractivity contribution in [3.05, 3.63) is 52.5 Å². The lowest BCUT2D eigenvalue weighted by Crippen LogP contribution is -2.26.